The second-order valence-electron chi connectivity index (χ2n) is 4.74. The number of sulfonamides is 1. The van der Waals surface area contributed by atoms with Gasteiger partial charge in [0.05, 0.1) is 11.3 Å². The van der Waals surface area contributed by atoms with Gasteiger partial charge in [-0.05, 0) is 47.3 Å². The minimum atomic E-state index is -3.72. The van der Waals surface area contributed by atoms with Crippen LogP contribution in [0.2, 0.25) is 0 Å². The zero-order valence-corrected chi connectivity index (χ0v) is 12.5. The van der Waals surface area contributed by atoms with E-state index in [2.05, 4.69) is 20.7 Å². The number of halogens is 1. The molecule has 1 fully saturated rings. The summed E-state index contributed by atoms with van der Waals surface area (Å²) in [7, 11) is -3.72. The first kappa shape index (κ1) is 14.5. The quantitative estimate of drug-likeness (QED) is 0.854. The maximum atomic E-state index is 12.3. The number of hydrogen-bond donors (Lipinski definition) is 2. The third-order valence-electron chi connectivity index (χ3n) is 3.28. The summed E-state index contributed by atoms with van der Waals surface area (Å²) in [5, 5.41) is 8.89. The van der Waals surface area contributed by atoms with Crippen LogP contribution in [0.1, 0.15) is 25.7 Å². The maximum absolute atomic E-state index is 12.3. The fourth-order valence-electron chi connectivity index (χ4n) is 2.21. The van der Waals surface area contributed by atoms with Crippen LogP contribution in [0, 0.1) is 0 Å². The number of hydrogen-bond acceptors (Lipinski definition) is 3. The van der Waals surface area contributed by atoms with Crippen molar-refractivity contribution in [3.63, 3.8) is 0 Å². The molecule has 0 heterocycles. The molecule has 1 aromatic rings. The van der Waals surface area contributed by atoms with Crippen LogP contribution in [-0.2, 0) is 14.8 Å². The standard InChI is InChI=1S/C12H14BrNO4S/c13-9-4-1-2-5-10(9)19(17,18)14-12(6-3-7-12)8-11(15)16/h1-2,4-5,14H,3,6-8H2,(H,15,16). The molecule has 0 atom stereocenters. The molecule has 1 aliphatic rings. The van der Waals surface area contributed by atoms with E-state index in [4.69, 9.17) is 5.11 Å². The summed E-state index contributed by atoms with van der Waals surface area (Å²) >= 11 is 3.19. The van der Waals surface area contributed by atoms with Crippen molar-refractivity contribution >= 4 is 31.9 Å². The molecule has 5 nitrogen and oxygen atoms in total. The van der Waals surface area contributed by atoms with Crippen molar-refractivity contribution in [1.29, 1.82) is 0 Å². The van der Waals surface area contributed by atoms with E-state index in [-0.39, 0.29) is 11.3 Å². The van der Waals surface area contributed by atoms with Gasteiger partial charge in [0.15, 0.2) is 0 Å². The summed E-state index contributed by atoms with van der Waals surface area (Å²) in [5.74, 6) is -0.991. The molecule has 0 amide bonds. The molecule has 0 aliphatic heterocycles. The van der Waals surface area contributed by atoms with Crippen LogP contribution in [0.3, 0.4) is 0 Å². The highest BCUT2D eigenvalue weighted by Gasteiger charge is 2.42. The van der Waals surface area contributed by atoms with Gasteiger partial charge >= 0.3 is 5.97 Å². The largest absolute Gasteiger partial charge is 0.481 e. The zero-order chi connectivity index (χ0) is 14.1. The van der Waals surface area contributed by atoms with Crippen LogP contribution in [0.25, 0.3) is 0 Å². The van der Waals surface area contributed by atoms with Gasteiger partial charge in [0.25, 0.3) is 0 Å². The van der Waals surface area contributed by atoms with Gasteiger partial charge in [-0.2, -0.15) is 0 Å². The van der Waals surface area contributed by atoms with Crippen molar-refractivity contribution in [2.75, 3.05) is 0 Å². The van der Waals surface area contributed by atoms with Gasteiger partial charge in [-0.25, -0.2) is 13.1 Å². The third kappa shape index (κ3) is 3.16. The van der Waals surface area contributed by atoms with Gasteiger partial charge < -0.3 is 5.11 Å². The molecule has 1 aromatic carbocycles. The van der Waals surface area contributed by atoms with Crippen LogP contribution >= 0.6 is 15.9 Å². The molecule has 19 heavy (non-hydrogen) atoms. The Kier molecular flexibility index (Phi) is 3.98. The zero-order valence-electron chi connectivity index (χ0n) is 10.1. The molecular formula is C12H14BrNO4S. The number of benzene rings is 1. The Hall–Kier alpha value is -0.920. The fraction of sp³-hybridized carbons (Fsp3) is 0.417. The monoisotopic (exact) mass is 347 g/mol. The predicted molar refractivity (Wildman–Crippen MR) is 73.3 cm³/mol. The van der Waals surface area contributed by atoms with Crippen LogP contribution in [0.5, 0.6) is 0 Å². The number of nitrogens with one attached hydrogen (secondary N) is 1. The highest BCUT2D eigenvalue weighted by molar-refractivity contribution is 9.10. The van der Waals surface area contributed by atoms with Crippen molar-refractivity contribution < 1.29 is 18.3 Å². The first-order valence-corrected chi connectivity index (χ1v) is 8.13. The summed E-state index contributed by atoms with van der Waals surface area (Å²) in [5.41, 5.74) is -0.833. The van der Waals surface area contributed by atoms with Crippen molar-refractivity contribution in [3.05, 3.63) is 28.7 Å². The number of carboxylic acids is 1. The predicted octanol–water partition coefficient (Wildman–Crippen LogP) is 2.12. The SMILES string of the molecule is O=C(O)CC1(NS(=O)(=O)c2ccccc2Br)CCC1. The van der Waals surface area contributed by atoms with Gasteiger partial charge in [-0.3, -0.25) is 4.79 Å². The van der Waals surface area contributed by atoms with Crippen LogP contribution < -0.4 is 4.72 Å². The van der Waals surface area contributed by atoms with Gasteiger partial charge in [0.1, 0.15) is 0 Å². The Labute approximate surface area is 120 Å². The van der Waals surface area contributed by atoms with Gasteiger partial charge in [-0.1, -0.05) is 12.1 Å². The minimum Gasteiger partial charge on any atom is -0.481 e. The van der Waals surface area contributed by atoms with Crippen molar-refractivity contribution in [2.45, 2.75) is 36.1 Å². The summed E-state index contributed by atoms with van der Waals surface area (Å²) in [6.45, 7) is 0. The number of aliphatic carboxylic acids is 1. The molecule has 0 spiro atoms. The summed E-state index contributed by atoms with van der Waals surface area (Å²) in [4.78, 5) is 11.0. The van der Waals surface area contributed by atoms with E-state index in [1.165, 1.54) is 6.07 Å². The third-order valence-corrected chi connectivity index (χ3v) is 5.87. The molecule has 0 unspecified atom stereocenters. The van der Waals surface area contributed by atoms with E-state index in [1.807, 2.05) is 0 Å². The van der Waals surface area contributed by atoms with Crippen LogP contribution in [0.15, 0.2) is 33.6 Å². The summed E-state index contributed by atoms with van der Waals surface area (Å²) in [6.07, 6.45) is 1.77. The van der Waals surface area contributed by atoms with Gasteiger partial charge in [-0.15, -0.1) is 0 Å². The molecule has 1 saturated carbocycles. The summed E-state index contributed by atoms with van der Waals surface area (Å²) < 4.78 is 27.6. The van der Waals surface area contributed by atoms with E-state index in [1.54, 1.807) is 18.2 Å². The van der Waals surface area contributed by atoms with Crippen LogP contribution in [0.4, 0.5) is 0 Å². The van der Waals surface area contributed by atoms with Crippen molar-refractivity contribution in [1.82, 2.24) is 4.72 Å². The lowest BCUT2D eigenvalue weighted by molar-refractivity contribution is -0.139. The molecule has 104 valence electrons. The topological polar surface area (TPSA) is 83.5 Å². The number of carboxylic acid groups (broad SMARTS) is 1. The summed E-state index contributed by atoms with van der Waals surface area (Å²) in [6, 6.07) is 6.47. The van der Waals surface area contributed by atoms with E-state index in [9.17, 15) is 13.2 Å². The minimum absolute atomic E-state index is 0.131. The molecule has 1 aliphatic carbocycles. The Morgan fingerprint density at radius 2 is 2.00 bits per heavy atom. The number of carbonyl (C=O) groups is 1. The lowest BCUT2D eigenvalue weighted by atomic mass is 9.75. The highest BCUT2D eigenvalue weighted by atomic mass is 79.9. The van der Waals surface area contributed by atoms with E-state index >= 15 is 0 Å². The molecule has 0 radical (unpaired) electrons. The molecule has 0 saturated heterocycles. The first-order chi connectivity index (χ1) is 8.85. The molecule has 2 N–H and O–H groups in total. The van der Waals surface area contributed by atoms with Crippen molar-refractivity contribution in [2.24, 2.45) is 0 Å². The lowest BCUT2D eigenvalue weighted by Gasteiger charge is -2.41. The number of rotatable bonds is 5. The average molecular weight is 348 g/mol. The van der Waals surface area contributed by atoms with E-state index in [0.717, 1.165) is 6.42 Å². The second kappa shape index (κ2) is 5.22. The highest BCUT2D eigenvalue weighted by Crippen LogP contribution is 2.37. The van der Waals surface area contributed by atoms with E-state index in [0.29, 0.717) is 17.3 Å². The fourth-order valence-corrected chi connectivity index (χ4v) is 4.67. The molecule has 0 aromatic heterocycles. The van der Waals surface area contributed by atoms with Crippen LogP contribution in [-0.4, -0.2) is 25.0 Å². The molecule has 2 rings (SSSR count). The normalized spacial score (nSPS) is 17.7. The first-order valence-electron chi connectivity index (χ1n) is 5.85. The van der Waals surface area contributed by atoms with Gasteiger partial charge in [0, 0.05) is 10.0 Å². The molecule has 7 heteroatoms. The Morgan fingerprint density at radius 3 is 2.47 bits per heavy atom. The Bertz CT molecular complexity index is 596. The Balaban J connectivity index is 2.26. The Morgan fingerprint density at radius 1 is 1.37 bits per heavy atom. The molecule has 0 bridgehead atoms. The second-order valence-corrected chi connectivity index (χ2v) is 7.25. The average Bonchev–Trinajstić information content (AvgIpc) is 2.25. The van der Waals surface area contributed by atoms with E-state index < -0.39 is 21.5 Å². The smallest absolute Gasteiger partial charge is 0.305 e. The lowest BCUT2D eigenvalue weighted by Crippen LogP contribution is -2.54. The molecular weight excluding hydrogens is 334 g/mol. The maximum Gasteiger partial charge on any atom is 0.305 e. The van der Waals surface area contributed by atoms with Crippen molar-refractivity contribution in [3.8, 4) is 0 Å². The van der Waals surface area contributed by atoms with Gasteiger partial charge in [0.2, 0.25) is 10.0 Å².